The predicted octanol–water partition coefficient (Wildman–Crippen LogP) is 5.69. The molecule has 2 heterocycles. The van der Waals surface area contributed by atoms with Crippen LogP contribution in [0.2, 0.25) is 0 Å². The molecule has 0 N–H and O–H groups in total. The average Bonchev–Trinajstić information content (AvgIpc) is 2.74. The standard InChI is InChI=1S/C24H23BrF2IN3O3/c1-6-19-15(9-18(25)22(32)30(19)5)11-31-12-29-21(24(26,27)13(2)3)20(23(31)33)34-17-8-14(4)7-16(28)10-17/h7-10,12H,2,6,11H2,1,3-5H3. The summed E-state index contributed by atoms with van der Waals surface area (Å²) in [6.45, 7) is 8.27. The van der Waals surface area contributed by atoms with Crippen molar-refractivity contribution >= 4 is 38.5 Å². The molecule has 2 aromatic heterocycles. The molecule has 3 aromatic rings. The van der Waals surface area contributed by atoms with Crippen molar-refractivity contribution in [2.45, 2.75) is 39.7 Å². The minimum absolute atomic E-state index is 0.0162. The monoisotopic (exact) mass is 645 g/mol. The van der Waals surface area contributed by atoms with Gasteiger partial charge in [-0.15, -0.1) is 0 Å². The Morgan fingerprint density at radius 1 is 1.24 bits per heavy atom. The summed E-state index contributed by atoms with van der Waals surface area (Å²) in [4.78, 5) is 29.6. The van der Waals surface area contributed by atoms with Crippen LogP contribution in [0.25, 0.3) is 0 Å². The maximum atomic E-state index is 15.0. The van der Waals surface area contributed by atoms with Crippen LogP contribution < -0.4 is 15.9 Å². The second-order valence-corrected chi connectivity index (χ2v) is 10.1. The van der Waals surface area contributed by atoms with Gasteiger partial charge in [0, 0.05) is 16.3 Å². The van der Waals surface area contributed by atoms with Crippen LogP contribution in [0.5, 0.6) is 11.5 Å². The van der Waals surface area contributed by atoms with E-state index in [1.165, 1.54) is 16.1 Å². The number of ether oxygens (including phenoxy) is 1. The van der Waals surface area contributed by atoms with Gasteiger partial charge in [-0.2, -0.15) is 8.78 Å². The number of pyridine rings is 1. The third-order valence-electron chi connectivity index (χ3n) is 5.33. The fourth-order valence-electron chi connectivity index (χ4n) is 3.56. The summed E-state index contributed by atoms with van der Waals surface area (Å²) in [6.07, 6.45) is 1.60. The lowest BCUT2D eigenvalue weighted by atomic mass is 10.1. The van der Waals surface area contributed by atoms with E-state index in [-0.39, 0.29) is 17.9 Å². The number of nitrogens with zero attached hydrogens (tertiary/aromatic N) is 3. The maximum Gasteiger partial charge on any atom is 0.314 e. The highest BCUT2D eigenvalue weighted by Gasteiger charge is 2.39. The van der Waals surface area contributed by atoms with Crippen molar-refractivity contribution in [2.24, 2.45) is 7.05 Å². The normalized spacial score (nSPS) is 11.5. The van der Waals surface area contributed by atoms with Crippen molar-refractivity contribution in [3.8, 4) is 11.5 Å². The number of allylic oxidation sites excluding steroid dienone is 1. The smallest absolute Gasteiger partial charge is 0.314 e. The molecule has 0 unspecified atom stereocenters. The van der Waals surface area contributed by atoms with E-state index in [2.05, 4.69) is 50.1 Å². The van der Waals surface area contributed by atoms with Gasteiger partial charge in [-0.3, -0.25) is 14.2 Å². The Balaban J connectivity index is 2.21. The SMILES string of the molecule is C=C(C)C(F)(F)c1ncn(Cc2cc(Br)c(=O)n(C)c2CC)c(=O)c1Oc1cc(C)cc(I)c1. The van der Waals surface area contributed by atoms with Gasteiger partial charge >= 0.3 is 5.92 Å². The van der Waals surface area contributed by atoms with Crippen LogP contribution in [0, 0.1) is 10.5 Å². The minimum atomic E-state index is -3.57. The highest BCUT2D eigenvalue weighted by atomic mass is 127. The van der Waals surface area contributed by atoms with Crippen LogP contribution in [0.1, 0.15) is 36.4 Å². The first-order chi connectivity index (χ1) is 15.9. The van der Waals surface area contributed by atoms with Gasteiger partial charge in [-0.1, -0.05) is 13.5 Å². The molecule has 3 rings (SSSR count). The molecule has 0 aliphatic heterocycles. The first-order valence-corrected chi connectivity index (χ1v) is 12.2. The van der Waals surface area contributed by atoms with Gasteiger partial charge in [0.15, 0.2) is 5.69 Å². The van der Waals surface area contributed by atoms with Crippen LogP contribution in [0.3, 0.4) is 0 Å². The van der Waals surface area contributed by atoms with E-state index in [0.29, 0.717) is 22.2 Å². The number of rotatable bonds is 7. The lowest BCUT2D eigenvalue weighted by molar-refractivity contribution is 0.0309. The second kappa shape index (κ2) is 10.1. The average molecular weight is 646 g/mol. The van der Waals surface area contributed by atoms with Crippen LogP contribution in [-0.2, 0) is 25.9 Å². The topological polar surface area (TPSA) is 66.1 Å². The maximum absolute atomic E-state index is 15.0. The Hall–Kier alpha value is -2.34. The summed E-state index contributed by atoms with van der Waals surface area (Å²) in [7, 11) is 1.64. The van der Waals surface area contributed by atoms with Gasteiger partial charge < -0.3 is 9.30 Å². The fourth-order valence-corrected chi connectivity index (χ4v) is 4.90. The van der Waals surface area contributed by atoms with E-state index in [0.717, 1.165) is 15.5 Å². The molecular weight excluding hydrogens is 623 g/mol. The molecule has 1 aromatic carbocycles. The molecule has 0 saturated heterocycles. The third kappa shape index (κ3) is 5.17. The number of halogens is 4. The molecule has 0 aliphatic carbocycles. The van der Waals surface area contributed by atoms with E-state index in [9.17, 15) is 18.4 Å². The summed E-state index contributed by atoms with van der Waals surface area (Å²) in [5.41, 5.74) is 0.00576. The molecule has 0 bridgehead atoms. The van der Waals surface area contributed by atoms with Crippen molar-refractivity contribution in [3.63, 3.8) is 0 Å². The van der Waals surface area contributed by atoms with Gasteiger partial charge in [0.2, 0.25) is 5.75 Å². The molecule has 0 spiro atoms. The van der Waals surface area contributed by atoms with E-state index in [4.69, 9.17) is 4.74 Å². The summed E-state index contributed by atoms with van der Waals surface area (Å²) in [5, 5.41) is 0. The van der Waals surface area contributed by atoms with Gasteiger partial charge in [0.1, 0.15) is 5.75 Å². The molecule has 0 fully saturated rings. The predicted molar refractivity (Wildman–Crippen MR) is 139 cm³/mol. The molecule has 180 valence electrons. The lowest BCUT2D eigenvalue weighted by Crippen LogP contribution is -2.30. The Morgan fingerprint density at radius 2 is 1.91 bits per heavy atom. The third-order valence-corrected chi connectivity index (χ3v) is 6.52. The molecule has 0 saturated carbocycles. The van der Waals surface area contributed by atoms with E-state index >= 15 is 0 Å². The van der Waals surface area contributed by atoms with Crippen molar-refractivity contribution in [1.82, 2.24) is 14.1 Å². The van der Waals surface area contributed by atoms with Gasteiger partial charge in [-0.25, -0.2) is 4.98 Å². The number of hydrogen-bond acceptors (Lipinski definition) is 4. The number of benzene rings is 1. The zero-order valence-corrected chi connectivity index (χ0v) is 22.8. The zero-order chi connectivity index (χ0) is 25.4. The largest absolute Gasteiger partial charge is 0.449 e. The van der Waals surface area contributed by atoms with Crippen molar-refractivity contribution < 1.29 is 13.5 Å². The van der Waals surface area contributed by atoms with Crippen LogP contribution in [-0.4, -0.2) is 14.1 Å². The molecule has 0 aliphatic rings. The van der Waals surface area contributed by atoms with E-state index < -0.39 is 28.5 Å². The quantitative estimate of drug-likeness (QED) is 0.245. The molecule has 10 heteroatoms. The first kappa shape index (κ1) is 26.3. The summed E-state index contributed by atoms with van der Waals surface area (Å²) in [6, 6.07) is 6.82. The van der Waals surface area contributed by atoms with Crippen molar-refractivity contribution in [3.05, 3.63) is 94.0 Å². The number of hydrogen-bond donors (Lipinski definition) is 0. The Bertz CT molecular complexity index is 1380. The highest BCUT2D eigenvalue weighted by molar-refractivity contribution is 14.1. The molecule has 34 heavy (non-hydrogen) atoms. The Labute approximate surface area is 217 Å². The molecule has 0 radical (unpaired) electrons. The number of aryl methyl sites for hydroxylation is 1. The number of aromatic nitrogens is 3. The molecule has 6 nitrogen and oxygen atoms in total. The summed E-state index contributed by atoms with van der Waals surface area (Å²) in [5.74, 6) is -3.89. The van der Waals surface area contributed by atoms with Crippen LogP contribution in [0.4, 0.5) is 8.78 Å². The number of alkyl halides is 2. The molecule has 0 atom stereocenters. The van der Waals surface area contributed by atoms with Crippen molar-refractivity contribution in [2.75, 3.05) is 0 Å². The molecular formula is C24H23BrF2IN3O3. The fraction of sp³-hybridized carbons (Fsp3) is 0.292. The molecule has 0 amide bonds. The van der Waals surface area contributed by atoms with Gasteiger partial charge in [-0.05, 0) is 99.8 Å². The highest BCUT2D eigenvalue weighted by Crippen LogP contribution is 2.38. The lowest BCUT2D eigenvalue weighted by Gasteiger charge is -2.20. The van der Waals surface area contributed by atoms with Crippen LogP contribution >= 0.6 is 38.5 Å². The van der Waals surface area contributed by atoms with Gasteiger partial charge in [0.05, 0.1) is 17.3 Å². The second-order valence-electron chi connectivity index (χ2n) is 7.96. The zero-order valence-electron chi connectivity index (χ0n) is 19.1. The Kier molecular flexibility index (Phi) is 7.81. The van der Waals surface area contributed by atoms with E-state index in [1.807, 2.05) is 19.9 Å². The van der Waals surface area contributed by atoms with Crippen molar-refractivity contribution in [1.29, 1.82) is 0 Å². The first-order valence-electron chi connectivity index (χ1n) is 10.3. The van der Waals surface area contributed by atoms with Crippen LogP contribution in [0.15, 0.2) is 56.8 Å². The minimum Gasteiger partial charge on any atom is -0.449 e. The summed E-state index contributed by atoms with van der Waals surface area (Å²) >= 11 is 5.33. The Morgan fingerprint density at radius 3 is 2.50 bits per heavy atom. The summed E-state index contributed by atoms with van der Waals surface area (Å²) < 4.78 is 39.5. The van der Waals surface area contributed by atoms with Gasteiger partial charge in [0.25, 0.3) is 11.1 Å². The van der Waals surface area contributed by atoms with E-state index in [1.54, 1.807) is 25.2 Å².